The highest BCUT2D eigenvalue weighted by Crippen LogP contribution is 1.98. The molecule has 1 aliphatic heterocycles. The van der Waals surface area contributed by atoms with Gasteiger partial charge in [-0.3, -0.25) is 0 Å². The van der Waals surface area contributed by atoms with Crippen molar-refractivity contribution in [2.45, 2.75) is 0 Å². The molecule has 0 saturated carbocycles. The quantitative estimate of drug-likeness (QED) is 0.471. The van der Waals surface area contributed by atoms with Gasteiger partial charge in [0, 0.05) is 19.0 Å². The van der Waals surface area contributed by atoms with Crippen molar-refractivity contribution in [2.24, 2.45) is 11.7 Å². The first kappa shape index (κ1) is 4.65. The molecular weight excluding hydrogens is 88.1 g/mol. The molecule has 2 heteroatoms. The largest absolute Gasteiger partial charge is 0.390 e. The van der Waals surface area contributed by atoms with Gasteiger partial charge in [-0.25, -0.2) is 0 Å². The van der Waals surface area contributed by atoms with E-state index in [1.807, 2.05) is 6.20 Å². The van der Waals surface area contributed by atoms with Crippen molar-refractivity contribution >= 4 is 0 Å². The molecule has 2 nitrogen and oxygen atoms in total. The van der Waals surface area contributed by atoms with Crippen LogP contribution in [0, 0.1) is 5.92 Å². The lowest BCUT2D eigenvalue weighted by molar-refractivity contribution is 0.667. The lowest BCUT2D eigenvalue weighted by Crippen LogP contribution is -2.17. The summed E-state index contributed by atoms with van der Waals surface area (Å²) in [6.45, 7) is 1.79. The zero-order valence-corrected chi connectivity index (χ0v) is 4.22. The molecule has 0 fully saturated rings. The molecule has 1 heterocycles. The molecule has 0 aromatic heterocycles. The van der Waals surface area contributed by atoms with Crippen LogP contribution in [0.25, 0.3) is 0 Å². The first-order valence-electron chi connectivity index (χ1n) is 2.53. The predicted octanol–water partition coefficient (Wildman–Crippen LogP) is -0.322. The van der Waals surface area contributed by atoms with Gasteiger partial charge >= 0.3 is 0 Å². The standard InChI is InChI=1S/C5H10N2/c6-3-5-1-2-7-4-5/h1-2,5,7H,3-4,6H2/t5-/m0/s1. The van der Waals surface area contributed by atoms with Gasteiger partial charge in [-0.05, 0) is 6.20 Å². The van der Waals surface area contributed by atoms with Gasteiger partial charge in [0.25, 0.3) is 0 Å². The van der Waals surface area contributed by atoms with Gasteiger partial charge in [-0.1, -0.05) is 6.08 Å². The molecule has 0 unspecified atom stereocenters. The van der Waals surface area contributed by atoms with E-state index in [2.05, 4.69) is 11.4 Å². The van der Waals surface area contributed by atoms with Gasteiger partial charge in [0.1, 0.15) is 0 Å². The summed E-state index contributed by atoms with van der Waals surface area (Å²) < 4.78 is 0. The Bertz CT molecular complexity index is 78.1. The number of nitrogens with one attached hydrogen (secondary N) is 1. The third-order valence-corrected chi connectivity index (χ3v) is 1.17. The zero-order valence-electron chi connectivity index (χ0n) is 4.22. The molecule has 0 radical (unpaired) electrons. The van der Waals surface area contributed by atoms with Crippen molar-refractivity contribution in [3.8, 4) is 0 Å². The molecule has 7 heavy (non-hydrogen) atoms. The summed E-state index contributed by atoms with van der Waals surface area (Å²) in [7, 11) is 0. The van der Waals surface area contributed by atoms with E-state index in [1.165, 1.54) is 0 Å². The van der Waals surface area contributed by atoms with Crippen LogP contribution in [0.4, 0.5) is 0 Å². The van der Waals surface area contributed by atoms with Crippen molar-refractivity contribution in [1.82, 2.24) is 5.32 Å². The predicted molar refractivity (Wildman–Crippen MR) is 29.7 cm³/mol. The minimum atomic E-state index is 0.583. The van der Waals surface area contributed by atoms with Crippen LogP contribution < -0.4 is 11.1 Å². The summed E-state index contributed by atoms with van der Waals surface area (Å²) in [5.74, 6) is 0.583. The Kier molecular flexibility index (Phi) is 1.32. The molecule has 0 aromatic carbocycles. The van der Waals surface area contributed by atoms with E-state index in [0.717, 1.165) is 13.1 Å². The minimum absolute atomic E-state index is 0.583. The fourth-order valence-electron chi connectivity index (χ4n) is 0.653. The summed E-state index contributed by atoms with van der Waals surface area (Å²) in [6, 6.07) is 0. The van der Waals surface area contributed by atoms with Crippen molar-refractivity contribution in [2.75, 3.05) is 13.1 Å². The average molecular weight is 98.1 g/mol. The van der Waals surface area contributed by atoms with Crippen molar-refractivity contribution in [3.05, 3.63) is 12.3 Å². The van der Waals surface area contributed by atoms with Crippen LogP contribution in [0.2, 0.25) is 0 Å². The monoisotopic (exact) mass is 98.1 g/mol. The Morgan fingerprint density at radius 2 is 2.71 bits per heavy atom. The SMILES string of the molecule is NC[C@@H]1C=CNC1. The van der Waals surface area contributed by atoms with E-state index in [9.17, 15) is 0 Å². The van der Waals surface area contributed by atoms with Crippen LogP contribution in [-0.2, 0) is 0 Å². The minimum Gasteiger partial charge on any atom is -0.390 e. The van der Waals surface area contributed by atoms with E-state index in [0.29, 0.717) is 5.92 Å². The third kappa shape index (κ3) is 0.933. The first-order valence-corrected chi connectivity index (χ1v) is 2.53. The smallest absolute Gasteiger partial charge is 0.0217 e. The molecule has 0 saturated heterocycles. The normalized spacial score (nSPS) is 27.9. The van der Waals surface area contributed by atoms with E-state index >= 15 is 0 Å². The average Bonchev–Trinajstić information content (AvgIpc) is 2.14. The Labute approximate surface area is 43.4 Å². The Balaban J connectivity index is 2.28. The Hall–Kier alpha value is -0.500. The summed E-state index contributed by atoms with van der Waals surface area (Å²) in [4.78, 5) is 0. The molecule has 3 N–H and O–H groups in total. The number of nitrogens with two attached hydrogens (primary N) is 1. The molecule has 40 valence electrons. The second kappa shape index (κ2) is 1.98. The van der Waals surface area contributed by atoms with Crippen LogP contribution >= 0.6 is 0 Å². The molecule has 0 spiro atoms. The van der Waals surface area contributed by atoms with Crippen molar-refractivity contribution in [1.29, 1.82) is 0 Å². The van der Waals surface area contributed by atoms with Crippen molar-refractivity contribution in [3.63, 3.8) is 0 Å². The van der Waals surface area contributed by atoms with Gasteiger partial charge < -0.3 is 11.1 Å². The summed E-state index contributed by atoms with van der Waals surface area (Å²) >= 11 is 0. The number of hydrogen-bond acceptors (Lipinski definition) is 2. The first-order chi connectivity index (χ1) is 3.43. The Morgan fingerprint density at radius 1 is 1.86 bits per heavy atom. The van der Waals surface area contributed by atoms with Gasteiger partial charge in [0.2, 0.25) is 0 Å². The maximum Gasteiger partial charge on any atom is 0.0217 e. The second-order valence-corrected chi connectivity index (χ2v) is 1.76. The van der Waals surface area contributed by atoms with Crippen LogP contribution in [0.5, 0.6) is 0 Å². The lowest BCUT2D eigenvalue weighted by Gasteiger charge is -1.98. The van der Waals surface area contributed by atoms with E-state index in [1.54, 1.807) is 0 Å². The van der Waals surface area contributed by atoms with Gasteiger partial charge in [0.15, 0.2) is 0 Å². The topological polar surface area (TPSA) is 38.0 Å². The summed E-state index contributed by atoms with van der Waals surface area (Å²) in [5, 5.41) is 3.06. The van der Waals surface area contributed by atoms with Gasteiger partial charge in [0.05, 0.1) is 0 Å². The molecule has 1 aliphatic rings. The fraction of sp³-hybridized carbons (Fsp3) is 0.600. The van der Waals surface area contributed by atoms with Crippen LogP contribution in [0.15, 0.2) is 12.3 Å². The summed E-state index contributed by atoms with van der Waals surface area (Å²) in [5.41, 5.74) is 5.34. The molecule has 1 atom stereocenters. The highest BCUT2D eigenvalue weighted by Gasteiger charge is 2.03. The van der Waals surface area contributed by atoms with E-state index in [4.69, 9.17) is 5.73 Å². The van der Waals surface area contributed by atoms with E-state index < -0.39 is 0 Å². The maximum absolute atomic E-state index is 5.34. The maximum atomic E-state index is 5.34. The molecule has 0 bridgehead atoms. The zero-order chi connectivity index (χ0) is 5.11. The second-order valence-electron chi connectivity index (χ2n) is 1.76. The van der Waals surface area contributed by atoms with E-state index in [-0.39, 0.29) is 0 Å². The number of rotatable bonds is 1. The highest BCUT2D eigenvalue weighted by atomic mass is 14.9. The lowest BCUT2D eigenvalue weighted by atomic mass is 10.2. The fourth-order valence-corrected chi connectivity index (χ4v) is 0.653. The summed E-state index contributed by atoms with van der Waals surface area (Å²) in [6.07, 6.45) is 4.05. The molecular formula is C5H10N2. The molecule has 1 rings (SSSR count). The molecule has 0 aliphatic carbocycles. The van der Waals surface area contributed by atoms with Gasteiger partial charge in [-0.2, -0.15) is 0 Å². The van der Waals surface area contributed by atoms with Crippen LogP contribution in [0.3, 0.4) is 0 Å². The third-order valence-electron chi connectivity index (χ3n) is 1.17. The van der Waals surface area contributed by atoms with Crippen LogP contribution in [0.1, 0.15) is 0 Å². The number of hydrogen-bond donors (Lipinski definition) is 2. The van der Waals surface area contributed by atoms with Crippen LogP contribution in [-0.4, -0.2) is 13.1 Å². The van der Waals surface area contributed by atoms with Gasteiger partial charge in [-0.15, -0.1) is 0 Å². The Morgan fingerprint density at radius 3 is 3.00 bits per heavy atom. The molecule has 0 amide bonds. The molecule has 0 aromatic rings. The highest BCUT2D eigenvalue weighted by molar-refractivity contribution is 4.95. The van der Waals surface area contributed by atoms with Crippen molar-refractivity contribution < 1.29 is 0 Å².